The molecule has 0 atom stereocenters. The lowest BCUT2D eigenvalue weighted by molar-refractivity contribution is -0.134. The molecule has 5 heteroatoms. The van der Waals surface area contributed by atoms with E-state index >= 15 is 0 Å². The van der Waals surface area contributed by atoms with Gasteiger partial charge in [0.05, 0.1) is 0 Å². The van der Waals surface area contributed by atoms with Gasteiger partial charge >= 0.3 is 5.97 Å². The number of rotatable bonds is 3. The number of ether oxygens (including phenoxy) is 1. The molecule has 0 aliphatic carbocycles. The van der Waals surface area contributed by atoms with Crippen LogP contribution in [0.5, 0.6) is 0 Å². The Morgan fingerprint density at radius 1 is 1.24 bits per heavy atom. The standard InChI is InChI=1S/C12H12ClNO3/c1-8(15)14-7-12(17-9(2)16)10-3-5-11(13)6-4-10/h3-7H,1-2H3,(H,14,15). The van der Waals surface area contributed by atoms with Crippen LogP contribution in [0, 0.1) is 0 Å². The van der Waals surface area contributed by atoms with Crippen molar-refractivity contribution in [3.8, 4) is 0 Å². The van der Waals surface area contributed by atoms with Gasteiger partial charge in [-0.1, -0.05) is 11.6 Å². The minimum absolute atomic E-state index is 0.247. The van der Waals surface area contributed by atoms with Gasteiger partial charge in [-0.2, -0.15) is 0 Å². The summed E-state index contributed by atoms with van der Waals surface area (Å²) >= 11 is 5.75. The number of amides is 1. The summed E-state index contributed by atoms with van der Waals surface area (Å²) in [5.74, 6) is -0.440. The zero-order valence-corrected chi connectivity index (χ0v) is 10.2. The van der Waals surface area contributed by atoms with Crippen LogP contribution in [-0.4, -0.2) is 11.9 Å². The predicted octanol–water partition coefficient (Wildman–Crippen LogP) is 2.34. The lowest BCUT2D eigenvalue weighted by Crippen LogP contribution is -2.13. The molecule has 4 nitrogen and oxygen atoms in total. The van der Waals surface area contributed by atoms with Crippen molar-refractivity contribution in [2.75, 3.05) is 0 Å². The van der Waals surface area contributed by atoms with E-state index in [-0.39, 0.29) is 11.7 Å². The summed E-state index contributed by atoms with van der Waals surface area (Å²) in [7, 11) is 0. The SMILES string of the molecule is CC(=O)NC=C(OC(C)=O)c1ccc(Cl)cc1. The summed E-state index contributed by atoms with van der Waals surface area (Å²) in [6, 6.07) is 6.72. The zero-order valence-electron chi connectivity index (χ0n) is 9.49. The summed E-state index contributed by atoms with van der Waals surface area (Å²) in [6.07, 6.45) is 1.34. The molecule has 0 aromatic heterocycles. The lowest BCUT2D eigenvalue weighted by Gasteiger charge is -2.07. The van der Waals surface area contributed by atoms with Crippen molar-refractivity contribution in [3.63, 3.8) is 0 Å². The summed E-state index contributed by atoms with van der Waals surface area (Å²) in [5, 5.41) is 3.03. The second-order valence-electron chi connectivity index (χ2n) is 3.31. The first-order valence-corrected chi connectivity index (χ1v) is 5.28. The first-order chi connectivity index (χ1) is 7.99. The molecule has 0 spiro atoms. The monoisotopic (exact) mass is 253 g/mol. The summed E-state index contributed by atoms with van der Waals surface area (Å²) < 4.78 is 4.99. The van der Waals surface area contributed by atoms with Crippen LogP contribution in [0.1, 0.15) is 19.4 Å². The van der Waals surface area contributed by atoms with E-state index in [1.807, 2.05) is 0 Å². The highest BCUT2D eigenvalue weighted by Crippen LogP contribution is 2.18. The van der Waals surface area contributed by atoms with Crippen molar-refractivity contribution >= 4 is 29.2 Å². The molecular weight excluding hydrogens is 242 g/mol. The van der Waals surface area contributed by atoms with Crippen molar-refractivity contribution in [3.05, 3.63) is 41.1 Å². The van der Waals surface area contributed by atoms with Crippen LogP contribution >= 0.6 is 11.6 Å². The third kappa shape index (κ3) is 4.70. The minimum atomic E-state index is -0.462. The maximum Gasteiger partial charge on any atom is 0.308 e. The van der Waals surface area contributed by atoms with Crippen LogP contribution in [0.4, 0.5) is 0 Å². The molecule has 0 fully saturated rings. The maximum atomic E-state index is 10.9. The van der Waals surface area contributed by atoms with E-state index in [1.165, 1.54) is 20.0 Å². The Morgan fingerprint density at radius 3 is 2.29 bits per heavy atom. The second kappa shape index (κ2) is 6.06. The number of halogens is 1. The largest absolute Gasteiger partial charge is 0.425 e. The number of carbonyl (C=O) groups is 2. The van der Waals surface area contributed by atoms with E-state index < -0.39 is 5.97 Å². The summed E-state index contributed by atoms with van der Waals surface area (Å²) in [5.41, 5.74) is 0.651. The average Bonchev–Trinajstić information content (AvgIpc) is 2.25. The molecule has 0 saturated heterocycles. The molecule has 1 aromatic carbocycles. The van der Waals surface area contributed by atoms with E-state index in [2.05, 4.69) is 5.32 Å². The molecule has 1 amide bonds. The fourth-order valence-corrected chi connectivity index (χ4v) is 1.23. The molecular formula is C12H12ClNO3. The summed E-state index contributed by atoms with van der Waals surface area (Å²) in [6.45, 7) is 2.65. The normalized spacial score (nSPS) is 10.9. The van der Waals surface area contributed by atoms with Gasteiger partial charge in [-0.25, -0.2) is 0 Å². The fraction of sp³-hybridized carbons (Fsp3) is 0.167. The van der Waals surface area contributed by atoms with Crippen molar-refractivity contribution in [2.45, 2.75) is 13.8 Å². The molecule has 1 N–H and O–H groups in total. The number of esters is 1. The van der Waals surface area contributed by atoms with Gasteiger partial charge in [0.25, 0.3) is 0 Å². The molecule has 0 bridgehead atoms. The van der Waals surface area contributed by atoms with E-state index in [0.29, 0.717) is 10.6 Å². The van der Waals surface area contributed by atoms with E-state index in [0.717, 1.165) is 0 Å². The van der Waals surface area contributed by atoms with Crippen LogP contribution < -0.4 is 5.32 Å². The van der Waals surface area contributed by atoms with E-state index in [4.69, 9.17) is 16.3 Å². The van der Waals surface area contributed by atoms with Crippen LogP contribution in [0.2, 0.25) is 5.02 Å². The van der Waals surface area contributed by atoms with Crippen molar-refractivity contribution in [1.82, 2.24) is 5.32 Å². The van der Waals surface area contributed by atoms with Crippen LogP contribution in [-0.2, 0) is 14.3 Å². The third-order valence-corrected chi connectivity index (χ3v) is 2.04. The highest BCUT2D eigenvalue weighted by molar-refractivity contribution is 6.30. The highest BCUT2D eigenvalue weighted by atomic mass is 35.5. The van der Waals surface area contributed by atoms with Crippen molar-refractivity contribution in [2.24, 2.45) is 0 Å². The van der Waals surface area contributed by atoms with Crippen LogP contribution in [0.15, 0.2) is 30.5 Å². The van der Waals surface area contributed by atoms with Gasteiger partial charge in [-0.15, -0.1) is 0 Å². The lowest BCUT2D eigenvalue weighted by atomic mass is 10.2. The van der Waals surface area contributed by atoms with Gasteiger partial charge in [0, 0.05) is 30.6 Å². The quantitative estimate of drug-likeness (QED) is 0.664. The van der Waals surface area contributed by atoms with E-state index in [9.17, 15) is 9.59 Å². The maximum absolute atomic E-state index is 10.9. The Bertz CT molecular complexity index is 451. The molecule has 90 valence electrons. The van der Waals surface area contributed by atoms with Crippen LogP contribution in [0.25, 0.3) is 5.76 Å². The zero-order chi connectivity index (χ0) is 12.8. The first-order valence-electron chi connectivity index (χ1n) is 4.90. The van der Waals surface area contributed by atoms with Gasteiger partial charge < -0.3 is 10.1 Å². The number of nitrogens with one attached hydrogen (secondary N) is 1. The number of carbonyl (C=O) groups excluding carboxylic acids is 2. The Balaban J connectivity index is 2.96. The third-order valence-electron chi connectivity index (χ3n) is 1.79. The molecule has 17 heavy (non-hydrogen) atoms. The predicted molar refractivity (Wildman–Crippen MR) is 65.0 cm³/mol. The minimum Gasteiger partial charge on any atom is -0.425 e. The number of benzene rings is 1. The van der Waals surface area contributed by atoms with Gasteiger partial charge in [0.1, 0.15) is 0 Å². The van der Waals surface area contributed by atoms with Gasteiger partial charge in [0.15, 0.2) is 5.76 Å². The molecule has 0 heterocycles. The molecule has 0 aliphatic heterocycles. The Kier molecular flexibility index (Phi) is 4.72. The molecule has 0 saturated carbocycles. The molecule has 0 radical (unpaired) electrons. The molecule has 1 rings (SSSR count). The molecule has 0 aliphatic rings. The second-order valence-corrected chi connectivity index (χ2v) is 3.75. The van der Waals surface area contributed by atoms with Crippen molar-refractivity contribution < 1.29 is 14.3 Å². The average molecular weight is 254 g/mol. The molecule has 1 aromatic rings. The first kappa shape index (κ1) is 13.3. The number of hydrogen-bond donors (Lipinski definition) is 1. The fourth-order valence-electron chi connectivity index (χ4n) is 1.11. The van der Waals surface area contributed by atoms with Crippen molar-refractivity contribution in [1.29, 1.82) is 0 Å². The van der Waals surface area contributed by atoms with Crippen LogP contribution in [0.3, 0.4) is 0 Å². The smallest absolute Gasteiger partial charge is 0.308 e. The Hall–Kier alpha value is -1.81. The summed E-state index contributed by atoms with van der Waals surface area (Å²) in [4.78, 5) is 21.7. The van der Waals surface area contributed by atoms with E-state index in [1.54, 1.807) is 24.3 Å². The Morgan fingerprint density at radius 2 is 1.82 bits per heavy atom. The molecule has 0 unspecified atom stereocenters. The number of hydrogen-bond acceptors (Lipinski definition) is 3. The van der Waals surface area contributed by atoms with Gasteiger partial charge in [0.2, 0.25) is 5.91 Å². The van der Waals surface area contributed by atoms with Gasteiger partial charge in [-0.3, -0.25) is 9.59 Å². The highest BCUT2D eigenvalue weighted by Gasteiger charge is 2.06. The topological polar surface area (TPSA) is 55.4 Å². The van der Waals surface area contributed by atoms with Gasteiger partial charge in [-0.05, 0) is 24.3 Å². The Labute approximate surface area is 104 Å².